The first-order valence-electron chi connectivity index (χ1n) is 13.2. The zero-order chi connectivity index (χ0) is 27.9. The van der Waals surface area contributed by atoms with Crippen LogP contribution in [-0.4, -0.2) is 58.1 Å². The molecule has 0 aliphatic carbocycles. The summed E-state index contributed by atoms with van der Waals surface area (Å²) in [7, 11) is 0. The molecule has 1 fully saturated rings. The Balaban J connectivity index is 1.22. The van der Waals surface area contributed by atoms with Gasteiger partial charge >= 0.3 is 0 Å². The number of hydrogen-bond donors (Lipinski definition) is 1. The van der Waals surface area contributed by atoms with Crippen LogP contribution in [0, 0.1) is 0 Å². The molecule has 0 spiro atoms. The second-order valence-electron chi connectivity index (χ2n) is 9.60. The van der Waals surface area contributed by atoms with Crippen molar-refractivity contribution in [2.75, 3.05) is 30.3 Å². The summed E-state index contributed by atoms with van der Waals surface area (Å²) in [5.74, 6) is 0.730. The van der Waals surface area contributed by atoms with Crippen molar-refractivity contribution in [1.29, 1.82) is 0 Å². The second kappa shape index (κ2) is 13.0. The molecule has 4 aromatic rings. The van der Waals surface area contributed by atoms with Crippen molar-refractivity contribution in [1.82, 2.24) is 20.2 Å². The van der Waals surface area contributed by atoms with Crippen molar-refractivity contribution < 1.29 is 9.59 Å². The van der Waals surface area contributed by atoms with Crippen LogP contribution in [0.3, 0.4) is 0 Å². The maximum absolute atomic E-state index is 13.0. The summed E-state index contributed by atoms with van der Waals surface area (Å²) in [5.41, 5.74) is 2.70. The van der Waals surface area contributed by atoms with Crippen molar-refractivity contribution in [3.8, 4) is 0 Å². The third-order valence-corrected chi connectivity index (χ3v) is 7.84. The van der Waals surface area contributed by atoms with Gasteiger partial charge in [0, 0.05) is 37.3 Å². The third-order valence-electron chi connectivity index (χ3n) is 6.80. The number of nitrogens with one attached hydrogen (secondary N) is 1. The van der Waals surface area contributed by atoms with E-state index in [1.165, 1.54) is 11.8 Å². The molecule has 0 radical (unpaired) electrons. The van der Waals surface area contributed by atoms with Crippen molar-refractivity contribution in [2.45, 2.75) is 24.2 Å². The van der Waals surface area contributed by atoms with Gasteiger partial charge in [0.1, 0.15) is 11.0 Å². The smallest absolute Gasteiger partial charge is 0.254 e. The molecule has 0 bridgehead atoms. The first-order valence-corrected chi connectivity index (χ1v) is 14.5. The van der Waals surface area contributed by atoms with Crippen molar-refractivity contribution >= 4 is 41.0 Å². The molecule has 40 heavy (non-hydrogen) atoms. The van der Waals surface area contributed by atoms with E-state index >= 15 is 0 Å². The van der Waals surface area contributed by atoms with Crippen LogP contribution in [0.4, 0.5) is 5.82 Å². The largest absolute Gasteiger partial charge is 0.353 e. The van der Waals surface area contributed by atoms with Crippen LogP contribution in [0.15, 0.2) is 102 Å². The van der Waals surface area contributed by atoms with E-state index in [4.69, 9.17) is 16.6 Å². The third kappa shape index (κ3) is 6.81. The number of anilines is 1. The highest BCUT2D eigenvalue weighted by Crippen LogP contribution is 2.26. The lowest BCUT2D eigenvalue weighted by atomic mass is 9.99. The fraction of sp³-hybridized carbons (Fsp3) is 0.226. The first-order chi connectivity index (χ1) is 19.5. The Hall–Kier alpha value is -3.88. The SMILES string of the molecule is CC1CN(c2cc(Cl)nc(SCC(=O)NC(c3ccccc3)c3ccccc3)n2)CCN1C(=O)c1ccccc1. The lowest BCUT2D eigenvalue weighted by Crippen LogP contribution is -2.54. The maximum Gasteiger partial charge on any atom is 0.254 e. The lowest BCUT2D eigenvalue weighted by Gasteiger charge is -2.40. The number of halogens is 1. The van der Waals surface area contributed by atoms with E-state index in [0.717, 1.165) is 11.1 Å². The van der Waals surface area contributed by atoms with E-state index in [2.05, 4.69) is 15.2 Å². The van der Waals surface area contributed by atoms with Crippen LogP contribution in [0.25, 0.3) is 0 Å². The van der Waals surface area contributed by atoms with Gasteiger partial charge in [-0.05, 0) is 30.2 Å². The van der Waals surface area contributed by atoms with Crippen molar-refractivity contribution in [3.05, 3.63) is 119 Å². The fourth-order valence-electron chi connectivity index (χ4n) is 4.81. The number of hydrogen-bond acceptors (Lipinski definition) is 6. The topological polar surface area (TPSA) is 78.4 Å². The lowest BCUT2D eigenvalue weighted by molar-refractivity contribution is -0.119. The van der Waals surface area contributed by atoms with Gasteiger partial charge in [-0.2, -0.15) is 0 Å². The molecule has 1 N–H and O–H groups in total. The van der Waals surface area contributed by atoms with Crippen LogP contribution >= 0.6 is 23.4 Å². The van der Waals surface area contributed by atoms with E-state index in [1.54, 1.807) is 6.07 Å². The van der Waals surface area contributed by atoms with Crippen molar-refractivity contribution in [3.63, 3.8) is 0 Å². The molecule has 2 amide bonds. The number of aromatic nitrogens is 2. The van der Waals surface area contributed by atoms with Crippen LogP contribution in [0.1, 0.15) is 34.5 Å². The maximum atomic E-state index is 13.0. The molecule has 1 saturated heterocycles. The number of piperazine rings is 1. The molecule has 1 unspecified atom stereocenters. The Bertz CT molecular complexity index is 1400. The first kappa shape index (κ1) is 27.7. The molecule has 9 heteroatoms. The molecule has 204 valence electrons. The predicted molar refractivity (Wildman–Crippen MR) is 160 cm³/mol. The average molecular weight is 572 g/mol. The number of benzene rings is 3. The molecule has 1 aliphatic heterocycles. The zero-order valence-corrected chi connectivity index (χ0v) is 23.7. The minimum atomic E-state index is -0.261. The van der Waals surface area contributed by atoms with E-state index < -0.39 is 0 Å². The minimum absolute atomic E-state index is 0.00927. The molecule has 2 heterocycles. The summed E-state index contributed by atoms with van der Waals surface area (Å²) in [5, 5.41) is 3.90. The van der Waals surface area contributed by atoms with Gasteiger partial charge in [-0.15, -0.1) is 0 Å². The average Bonchev–Trinajstić information content (AvgIpc) is 2.99. The van der Waals surface area contributed by atoms with Gasteiger partial charge in [0.15, 0.2) is 5.16 Å². The van der Waals surface area contributed by atoms with Gasteiger partial charge < -0.3 is 15.1 Å². The summed E-state index contributed by atoms with van der Waals surface area (Å²) in [6, 6.07) is 30.6. The molecule has 3 aromatic carbocycles. The Morgan fingerprint density at radius 1 is 0.925 bits per heavy atom. The van der Waals surface area contributed by atoms with Crippen LogP contribution in [0.5, 0.6) is 0 Å². The molecular weight excluding hydrogens is 542 g/mol. The van der Waals surface area contributed by atoms with E-state index in [9.17, 15) is 9.59 Å². The normalized spacial score (nSPS) is 15.2. The summed E-state index contributed by atoms with van der Waals surface area (Å²) in [6.45, 7) is 3.84. The van der Waals surface area contributed by atoms with Crippen LogP contribution < -0.4 is 10.2 Å². The number of nitrogens with zero attached hydrogens (tertiary/aromatic N) is 4. The van der Waals surface area contributed by atoms with Gasteiger partial charge in [0.2, 0.25) is 5.91 Å². The molecular formula is C31H30ClN5O2S. The number of carbonyl (C=O) groups excluding carboxylic acids is 2. The Morgan fingerprint density at radius 2 is 1.52 bits per heavy atom. The summed E-state index contributed by atoms with van der Waals surface area (Å²) < 4.78 is 0. The highest BCUT2D eigenvalue weighted by atomic mass is 35.5. The van der Waals surface area contributed by atoms with Gasteiger partial charge in [-0.1, -0.05) is 102 Å². The molecule has 7 nitrogen and oxygen atoms in total. The minimum Gasteiger partial charge on any atom is -0.353 e. The van der Waals surface area contributed by atoms with E-state index in [0.29, 0.717) is 41.3 Å². The highest BCUT2D eigenvalue weighted by Gasteiger charge is 2.29. The molecule has 1 aromatic heterocycles. The van der Waals surface area contributed by atoms with Crippen molar-refractivity contribution in [2.24, 2.45) is 0 Å². The number of amides is 2. The Labute approximate surface area is 243 Å². The summed E-state index contributed by atoms with van der Waals surface area (Å²) in [4.78, 5) is 39.1. The van der Waals surface area contributed by atoms with Crippen LogP contribution in [0.2, 0.25) is 5.15 Å². The van der Waals surface area contributed by atoms with Gasteiger partial charge in [-0.3, -0.25) is 9.59 Å². The molecule has 1 atom stereocenters. The Kier molecular flexibility index (Phi) is 8.98. The number of thioether (sulfide) groups is 1. The predicted octanol–water partition coefficient (Wildman–Crippen LogP) is 5.48. The van der Waals surface area contributed by atoms with Gasteiger partial charge in [0.05, 0.1) is 11.8 Å². The zero-order valence-electron chi connectivity index (χ0n) is 22.1. The quantitative estimate of drug-likeness (QED) is 0.171. The van der Waals surface area contributed by atoms with Gasteiger partial charge in [-0.25, -0.2) is 9.97 Å². The van der Waals surface area contributed by atoms with Crippen LogP contribution in [-0.2, 0) is 4.79 Å². The molecule has 0 saturated carbocycles. The number of carbonyl (C=O) groups is 2. The highest BCUT2D eigenvalue weighted by molar-refractivity contribution is 7.99. The van der Waals surface area contributed by atoms with E-state index in [-0.39, 0.29) is 29.7 Å². The fourth-order valence-corrected chi connectivity index (χ4v) is 5.70. The molecule has 5 rings (SSSR count). The molecule has 1 aliphatic rings. The second-order valence-corrected chi connectivity index (χ2v) is 10.9. The number of rotatable bonds is 8. The summed E-state index contributed by atoms with van der Waals surface area (Å²) >= 11 is 7.62. The standard InChI is InChI=1S/C31H30ClN5O2S/c1-22-20-36(17-18-37(22)30(39)25-15-9-4-10-16-25)27-19-26(32)33-31(34-27)40-21-28(38)35-29(23-11-5-2-6-12-23)24-13-7-3-8-14-24/h2-16,19,22,29H,17-18,20-21H2,1H3,(H,35,38). The van der Waals surface area contributed by atoms with E-state index in [1.807, 2.05) is 103 Å². The Morgan fingerprint density at radius 3 is 2.12 bits per heavy atom. The summed E-state index contributed by atoms with van der Waals surface area (Å²) in [6.07, 6.45) is 0. The monoisotopic (exact) mass is 571 g/mol. The van der Waals surface area contributed by atoms with Gasteiger partial charge in [0.25, 0.3) is 5.91 Å².